The van der Waals surface area contributed by atoms with Gasteiger partial charge < -0.3 is 39.7 Å². The number of aromatic carboxylic acids is 1. The molecule has 1 saturated heterocycles. The van der Waals surface area contributed by atoms with Crippen LogP contribution in [0.3, 0.4) is 0 Å². The molecule has 27 heavy (non-hydrogen) atoms. The zero-order valence-corrected chi connectivity index (χ0v) is 14.1. The summed E-state index contributed by atoms with van der Waals surface area (Å²) in [5, 5.41) is 59.2. The molecule has 5 N–H and O–H groups in total. The molecule has 150 valence electrons. The number of rotatable bonds is 8. The largest absolute Gasteiger partial charge is 0.490 e. The standard InChI is InChI=1S/C15H19NO11/c1-25-8-3-2-7(10(14(21)22)11(8)16(23)24)5-26-15(6-18)13(20)12(19)9(4-17)27-15/h2-3,9,12-13,17-20H,4-6H2,1H3,(H,21,22)/t9-,12-,13+,15?/m1/s1. The minimum Gasteiger partial charge on any atom is -0.490 e. The van der Waals surface area contributed by atoms with E-state index in [1.165, 1.54) is 12.1 Å². The Morgan fingerprint density at radius 2 is 2.04 bits per heavy atom. The van der Waals surface area contributed by atoms with Crippen LogP contribution in [0.5, 0.6) is 5.75 Å². The Morgan fingerprint density at radius 1 is 1.37 bits per heavy atom. The van der Waals surface area contributed by atoms with Crippen molar-refractivity contribution in [2.75, 3.05) is 20.3 Å². The van der Waals surface area contributed by atoms with E-state index in [0.29, 0.717) is 0 Å². The van der Waals surface area contributed by atoms with Gasteiger partial charge in [-0.2, -0.15) is 0 Å². The van der Waals surface area contributed by atoms with E-state index in [0.717, 1.165) is 7.11 Å². The van der Waals surface area contributed by atoms with Crippen molar-refractivity contribution >= 4 is 11.7 Å². The van der Waals surface area contributed by atoms with E-state index in [9.17, 15) is 35.3 Å². The first kappa shape index (κ1) is 21.0. The summed E-state index contributed by atoms with van der Waals surface area (Å²) in [6.07, 6.45) is -4.55. The van der Waals surface area contributed by atoms with Crippen molar-refractivity contribution in [2.24, 2.45) is 0 Å². The van der Waals surface area contributed by atoms with Gasteiger partial charge in [0.25, 0.3) is 0 Å². The fourth-order valence-electron chi connectivity index (χ4n) is 2.82. The van der Waals surface area contributed by atoms with Crippen LogP contribution in [-0.4, -0.2) is 80.8 Å². The maximum atomic E-state index is 11.6. The molecule has 1 aromatic rings. The fraction of sp³-hybridized carbons (Fsp3) is 0.533. The molecule has 1 heterocycles. The molecule has 12 heteroatoms. The van der Waals surface area contributed by atoms with Gasteiger partial charge >= 0.3 is 11.7 Å². The third-order valence-corrected chi connectivity index (χ3v) is 4.22. The van der Waals surface area contributed by atoms with Gasteiger partial charge in [-0.05, 0) is 11.6 Å². The number of methoxy groups -OCH3 is 1. The smallest absolute Gasteiger partial charge is 0.343 e. The molecule has 1 aliphatic rings. The summed E-state index contributed by atoms with van der Waals surface area (Å²) in [4.78, 5) is 21.9. The monoisotopic (exact) mass is 389 g/mol. The number of hydrogen-bond acceptors (Lipinski definition) is 10. The van der Waals surface area contributed by atoms with Crippen LogP contribution in [-0.2, 0) is 16.1 Å². The lowest BCUT2D eigenvalue weighted by Crippen LogP contribution is -2.48. The number of ether oxygens (including phenoxy) is 3. The summed E-state index contributed by atoms with van der Waals surface area (Å²) in [7, 11) is 1.14. The Kier molecular flexibility index (Phi) is 6.30. The molecule has 1 unspecified atom stereocenters. The normalized spacial score (nSPS) is 27.5. The lowest BCUT2D eigenvalue weighted by Gasteiger charge is -2.30. The van der Waals surface area contributed by atoms with Gasteiger partial charge in [-0.1, -0.05) is 6.07 Å². The van der Waals surface area contributed by atoms with Crippen molar-refractivity contribution in [2.45, 2.75) is 30.7 Å². The van der Waals surface area contributed by atoms with Crippen LogP contribution in [0.15, 0.2) is 12.1 Å². The highest BCUT2D eigenvalue weighted by atomic mass is 16.7. The van der Waals surface area contributed by atoms with Gasteiger partial charge in [-0.15, -0.1) is 0 Å². The Labute approximate surface area is 152 Å². The fourth-order valence-corrected chi connectivity index (χ4v) is 2.82. The molecule has 0 radical (unpaired) electrons. The first-order valence-corrected chi connectivity index (χ1v) is 7.69. The van der Waals surface area contributed by atoms with Crippen LogP contribution in [0.25, 0.3) is 0 Å². The predicted molar refractivity (Wildman–Crippen MR) is 85.2 cm³/mol. The van der Waals surface area contributed by atoms with Gasteiger partial charge in [0, 0.05) is 0 Å². The van der Waals surface area contributed by atoms with Crippen molar-refractivity contribution in [1.82, 2.24) is 0 Å². The topological polar surface area (TPSA) is 189 Å². The molecular weight excluding hydrogens is 370 g/mol. The second-order valence-electron chi connectivity index (χ2n) is 5.75. The summed E-state index contributed by atoms with van der Waals surface area (Å²) >= 11 is 0. The molecule has 2 rings (SSSR count). The number of nitro groups is 1. The van der Waals surface area contributed by atoms with Crippen molar-refractivity contribution in [3.8, 4) is 5.75 Å². The van der Waals surface area contributed by atoms with Gasteiger partial charge in [0.15, 0.2) is 5.75 Å². The van der Waals surface area contributed by atoms with E-state index >= 15 is 0 Å². The van der Waals surface area contributed by atoms with Crippen LogP contribution < -0.4 is 4.74 Å². The SMILES string of the molecule is COc1ccc(COC2(CO)O[C@H](CO)[C@@H](O)[C@@H]2O)c(C(=O)O)c1[N+](=O)[O-]. The molecule has 4 atom stereocenters. The van der Waals surface area contributed by atoms with Crippen molar-refractivity contribution in [3.05, 3.63) is 33.4 Å². The van der Waals surface area contributed by atoms with Crippen molar-refractivity contribution < 1.29 is 49.5 Å². The Bertz CT molecular complexity index is 724. The van der Waals surface area contributed by atoms with Gasteiger partial charge in [-0.25, -0.2) is 4.79 Å². The highest BCUT2D eigenvalue weighted by molar-refractivity contribution is 5.95. The zero-order valence-electron chi connectivity index (χ0n) is 14.1. The molecule has 0 amide bonds. The second kappa shape index (κ2) is 8.12. The Balaban J connectivity index is 2.39. The van der Waals surface area contributed by atoms with E-state index in [4.69, 9.17) is 19.3 Å². The van der Waals surface area contributed by atoms with Gasteiger partial charge in [-0.3, -0.25) is 10.1 Å². The van der Waals surface area contributed by atoms with E-state index in [1.807, 2.05) is 0 Å². The van der Waals surface area contributed by atoms with Gasteiger partial charge in [0.2, 0.25) is 5.79 Å². The van der Waals surface area contributed by atoms with Gasteiger partial charge in [0.1, 0.15) is 30.5 Å². The Hall–Kier alpha value is -2.35. The minimum atomic E-state index is -2.14. The molecule has 0 bridgehead atoms. The number of carboxylic acid groups (broad SMARTS) is 1. The molecule has 1 fully saturated rings. The van der Waals surface area contributed by atoms with Crippen LogP contribution in [0, 0.1) is 10.1 Å². The number of hydrogen-bond donors (Lipinski definition) is 5. The number of benzene rings is 1. The molecule has 12 nitrogen and oxygen atoms in total. The lowest BCUT2D eigenvalue weighted by atomic mass is 10.0. The maximum absolute atomic E-state index is 11.6. The molecular formula is C15H19NO11. The van der Waals surface area contributed by atoms with Crippen LogP contribution in [0.1, 0.15) is 15.9 Å². The number of aliphatic hydroxyl groups excluding tert-OH is 4. The number of carboxylic acids is 1. The highest BCUT2D eigenvalue weighted by Crippen LogP contribution is 2.36. The average Bonchev–Trinajstić information content (AvgIpc) is 2.90. The number of nitro benzene ring substituents is 1. The lowest BCUT2D eigenvalue weighted by molar-refractivity contribution is -0.386. The first-order chi connectivity index (χ1) is 12.7. The third-order valence-electron chi connectivity index (χ3n) is 4.22. The van der Waals surface area contributed by atoms with Crippen LogP contribution >= 0.6 is 0 Å². The third kappa shape index (κ3) is 3.71. The number of nitrogens with zero attached hydrogens (tertiary/aromatic N) is 1. The van der Waals surface area contributed by atoms with Crippen LogP contribution in [0.4, 0.5) is 5.69 Å². The summed E-state index contributed by atoms with van der Waals surface area (Å²) in [6.45, 7) is -2.21. The summed E-state index contributed by atoms with van der Waals surface area (Å²) in [5.41, 5.74) is -1.63. The molecule has 0 aromatic heterocycles. The quantitative estimate of drug-likeness (QED) is 0.260. The zero-order chi connectivity index (χ0) is 20.4. The van der Waals surface area contributed by atoms with Crippen molar-refractivity contribution in [1.29, 1.82) is 0 Å². The second-order valence-corrected chi connectivity index (χ2v) is 5.75. The molecule has 0 aliphatic carbocycles. The van der Waals surface area contributed by atoms with E-state index in [1.54, 1.807) is 0 Å². The maximum Gasteiger partial charge on any atom is 0.343 e. The first-order valence-electron chi connectivity index (χ1n) is 7.69. The van der Waals surface area contributed by atoms with Crippen LogP contribution in [0.2, 0.25) is 0 Å². The average molecular weight is 389 g/mol. The number of aliphatic hydroxyl groups is 4. The molecule has 1 aliphatic heterocycles. The highest BCUT2D eigenvalue weighted by Gasteiger charge is 2.55. The van der Waals surface area contributed by atoms with Crippen molar-refractivity contribution in [3.63, 3.8) is 0 Å². The van der Waals surface area contributed by atoms with E-state index < -0.39 is 66.1 Å². The predicted octanol–water partition coefficient (Wildman–Crippen LogP) is -1.38. The van der Waals surface area contributed by atoms with E-state index in [-0.39, 0.29) is 11.3 Å². The Morgan fingerprint density at radius 3 is 2.48 bits per heavy atom. The van der Waals surface area contributed by atoms with Gasteiger partial charge in [0.05, 0.1) is 25.2 Å². The van der Waals surface area contributed by atoms with E-state index in [2.05, 4.69) is 0 Å². The number of carbonyl (C=O) groups is 1. The summed E-state index contributed by atoms with van der Waals surface area (Å²) in [6, 6.07) is 2.38. The molecule has 1 aromatic carbocycles. The molecule has 0 spiro atoms. The minimum absolute atomic E-state index is 0.152. The summed E-state index contributed by atoms with van der Waals surface area (Å²) < 4.78 is 15.3. The summed E-state index contributed by atoms with van der Waals surface area (Å²) in [5.74, 6) is -4.03. The molecule has 0 saturated carbocycles.